The monoisotopic (exact) mass is 194 g/mol. The minimum absolute atomic E-state index is 0.0106. The van der Waals surface area contributed by atoms with Crippen LogP contribution in [0.15, 0.2) is 18.2 Å². The average Bonchev–Trinajstić information content (AvgIpc) is 2.18. The molecule has 0 atom stereocenters. The number of rotatable bonds is 4. The van der Waals surface area contributed by atoms with Crippen molar-refractivity contribution in [2.24, 2.45) is 0 Å². The summed E-state index contributed by atoms with van der Waals surface area (Å²) in [5.41, 5.74) is 0.335. The summed E-state index contributed by atoms with van der Waals surface area (Å²) >= 11 is 0. The maximum Gasteiger partial charge on any atom is 0.339 e. The van der Waals surface area contributed by atoms with E-state index in [1.807, 2.05) is 0 Å². The van der Waals surface area contributed by atoms with E-state index >= 15 is 0 Å². The fraction of sp³-hybridized carbons (Fsp3) is 0.200. The second kappa shape index (κ2) is 4.41. The molecule has 0 saturated heterocycles. The van der Waals surface area contributed by atoms with Gasteiger partial charge in [0.05, 0.1) is 6.61 Å². The van der Waals surface area contributed by atoms with Gasteiger partial charge in [0.1, 0.15) is 17.6 Å². The number of aromatic carboxylic acids is 1. The van der Waals surface area contributed by atoms with Crippen LogP contribution in [0.3, 0.4) is 0 Å². The Balaban J connectivity index is 3.16. The Morgan fingerprint density at radius 3 is 2.79 bits per heavy atom. The molecule has 0 saturated carbocycles. The van der Waals surface area contributed by atoms with E-state index in [1.54, 1.807) is 6.92 Å². The number of carbonyl (C=O) groups is 2. The summed E-state index contributed by atoms with van der Waals surface area (Å²) in [6.07, 6.45) is 0.599. The summed E-state index contributed by atoms with van der Waals surface area (Å²) in [5, 5.41) is 8.82. The lowest BCUT2D eigenvalue weighted by Gasteiger charge is -2.06. The van der Waals surface area contributed by atoms with Crippen LogP contribution in [0.25, 0.3) is 0 Å². The summed E-state index contributed by atoms with van der Waals surface area (Å²) in [7, 11) is 0. The zero-order valence-electron chi connectivity index (χ0n) is 7.69. The minimum atomic E-state index is -1.10. The Morgan fingerprint density at radius 1 is 1.57 bits per heavy atom. The van der Waals surface area contributed by atoms with Gasteiger partial charge in [0.25, 0.3) is 0 Å². The second-order valence-corrected chi connectivity index (χ2v) is 2.61. The van der Waals surface area contributed by atoms with Crippen LogP contribution in [0.4, 0.5) is 0 Å². The van der Waals surface area contributed by atoms with Crippen molar-refractivity contribution >= 4 is 12.3 Å². The molecule has 74 valence electrons. The lowest BCUT2D eigenvalue weighted by atomic mass is 10.1. The van der Waals surface area contributed by atoms with E-state index in [0.29, 0.717) is 18.5 Å². The van der Waals surface area contributed by atoms with Crippen LogP contribution < -0.4 is 4.74 Å². The van der Waals surface area contributed by atoms with Gasteiger partial charge in [-0.15, -0.1) is 0 Å². The van der Waals surface area contributed by atoms with E-state index in [2.05, 4.69) is 0 Å². The molecule has 1 N–H and O–H groups in total. The van der Waals surface area contributed by atoms with Crippen molar-refractivity contribution in [1.82, 2.24) is 0 Å². The first kappa shape index (κ1) is 10.2. The Labute approximate surface area is 81.1 Å². The molecule has 0 aliphatic heterocycles. The molecule has 0 aliphatic rings. The minimum Gasteiger partial charge on any atom is -0.493 e. The highest BCUT2D eigenvalue weighted by molar-refractivity contribution is 5.93. The highest BCUT2D eigenvalue weighted by Gasteiger charge is 2.11. The van der Waals surface area contributed by atoms with Gasteiger partial charge >= 0.3 is 5.97 Å². The predicted octanol–water partition coefficient (Wildman–Crippen LogP) is 1.60. The van der Waals surface area contributed by atoms with Gasteiger partial charge < -0.3 is 9.84 Å². The Kier molecular flexibility index (Phi) is 3.23. The average molecular weight is 194 g/mol. The van der Waals surface area contributed by atoms with E-state index < -0.39 is 5.97 Å². The number of carboxylic acids is 1. The third-order valence-electron chi connectivity index (χ3n) is 1.67. The number of carbonyl (C=O) groups excluding carboxylic acids is 1. The number of aldehydes is 1. The fourth-order valence-corrected chi connectivity index (χ4v) is 1.07. The Morgan fingerprint density at radius 2 is 2.29 bits per heavy atom. The van der Waals surface area contributed by atoms with Crippen LogP contribution in [0.5, 0.6) is 5.75 Å². The molecule has 14 heavy (non-hydrogen) atoms. The fourth-order valence-electron chi connectivity index (χ4n) is 1.07. The summed E-state index contributed by atoms with van der Waals surface area (Å²) < 4.78 is 5.10. The number of hydrogen-bond acceptors (Lipinski definition) is 3. The largest absolute Gasteiger partial charge is 0.493 e. The second-order valence-electron chi connectivity index (χ2n) is 2.61. The summed E-state index contributed by atoms with van der Waals surface area (Å²) in [4.78, 5) is 21.2. The molecular weight excluding hydrogens is 184 g/mol. The molecule has 1 aromatic rings. The third-order valence-corrected chi connectivity index (χ3v) is 1.67. The van der Waals surface area contributed by atoms with Gasteiger partial charge in [0.15, 0.2) is 0 Å². The lowest BCUT2D eigenvalue weighted by Crippen LogP contribution is -2.03. The molecule has 0 amide bonds. The van der Waals surface area contributed by atoms with Crippen molar-refractivity contribution < 1.29 is 19.4 Å². The van der Waals surface area contributed by atoms with Crippen LogP contribution in [0, 0.1) is 0 Å². The number of ether oxygens (including phenoxy) is 1. The van der Waals surface area contributed by atoms with Gasteiger partial charge in [-0.1, -0.05) is 0 Å². The molecular formula is C10H10O4. The van der Waals surface area contributed by atoms with Gasteiger partial charge in [0, 0.05) is 5.56 Å². The molecule has 0 aliphatic carbocycles. The molecule has 0 radical (unpaired) electrons. The van der Waals surface area contributed by atoms with Crippen molar-refractivity contribution in [2.75, 3.05) is 6.61 Å². The van der Waals surface area contributed by atoms with E-state index in [9.17, 15) is 9.59 Å². The first-order valence-electron chi connectivity index (χ1n) is 4.14. The van der Waals surface area contributed by atoms with Crippen molar-refractivity contribution in [1.29, 1.82) is 0 Å². The van der Waals surface area contributed by atoms with Crippen molar-refractivity contribution in [3.63, 3.8) is 0 Å². The van der Waals surface area contributed by atoms with Crippen LogP contribution in [0.2, 0.25) is 0 Å². The van der Waals surface area contributed by atoms with Crippen LogP contribution in [-0.4, -0.2) is 24.0 Å². The van der Waals surface area contributed by atoms with Crippen molar-refractivity contribution in [3.05, 3.63) is 29.3 Å². The van der Waals surface area contributed by atoms with E-state index in [-0.39, 0.29) is 11.3 Å². The highest BCUT2D eigenvalue weighted by Crippen LogP contribution is 2.19. The van der Waals surface area contributed by atoms with Gasteiger partial charge in [-0.05, 0) is 25.1 Å². The predicted molar refractivity (Wildman–Crippen MR) is 50.0 cm³/mol. The highest BCUT2D eigenvalue weighted by atomic mass is 16.5. The van der Waals surface area contributed by atoms with Gasteiger partial charge in [-0.25, -0.2) is 4.79 Å². The quantitative estimate of drug-likeness (QED) is 0.739. The zero-order chi connectivity index (χ0) is 10.6. The SMILES string of the molecule is CCOc1ccc(C=O)cc1C(=O)O. The van der Waals surface area contributed by atoms with Crippen LogP contribution in [0.1, 0.15) is 27.6 Å². The van der Waals surface area contributed by atoms with Gasteiger partial charge in [-0.3, -0.25) is 4.79 Å². The van der Waals surface area contributed by atoms with E-state index in [4.69, 9.17) is 9.84 Å². The standard InChI is InChI=1S/C10H10O4/c1-2-14-9-4-3-7(6-11)5-8(9)10(12)13/h3-6H,2H2,1H3,(H,12,13). The van der Waals surface area contributed by atoms with Crippen LogP contribution in [-0.2, 0) is 0 Å². The van der Waals surface area contributed by atoms with Gasteiger partial charge in [-0.2, -0.15) is 0 Å². The smallest absolute Gasteiger partial charge is 0.339 e. The number of carboxylic acid groups (broad SMARTS) is 1. The van der Waals surface area contributed by atoms with E-state index in [1.165, 1.54) is 18.2 Å². The molecule has 0 unspecified atom stereocenters. The molecule has 0 fully saturated rings. The van der Waals surface area contributed by atoms with Crippen molar-refractivity contribution in [2.45, 2.75) is 6.92 Å². The number of benzene rings is 1. The Bertz CT molecular complexity index is 357. The Hall–Kier alpha value is -1.84. The molecule has 0 spiro atoms. The molecule has 1 aromatic carbocycles. The van der Waals surface area contributed by atoms with Crippen molar-refractivity contribution in [3.8, 4) is 5.75 Å². The topological polar surface area (TPSA) is 63.6 Å². The first-order valence-corrected chi connectivity index (χ1v) is 4.14. The molecule has 0 aromatic heterocycles. The normalized spacial score (nSPS) is 9.50. The molecule has 1 rings (SSSR count). The molecule has 0 bridgehead atoms. The van der Waals surface area contributed by atoms with Crippen LogP contribution >= 0.6 is 0 Å². The maximum atomic E-state index is 10.8. The van der Waals surface area contributed by atoms with Gasteiger partial charge in [0.2, 0.25) is 0 Å². The number of hydrogen-bond donors (Lipinski definition) is 1. The third kappa shape index (κ3) is 2.10. The maximum absolute atomic E-state index is 10.8. The zero-order valence-corrected chi connectivity index (χ0v) is 7.69. The molecule has 4 nitrogen and oxygen atoms in total. The lowest BCUT2D eigenvalue weighted by molar-refractivity contribution is 0.0692. The summed E-state index contributed by atoms with van der Waals surface area (Å²) in [5.74, 6) is -0.817. The molecule has 4 heteroatoms. The summed E-state index contributed by atoms with van der Waals surface area (Å²) in [6.45, 7) is 2.15. The first-order chi connectivity index (χ1) is 6.69. The van der Waals surface area contributed by atoms with E-state index in [0.717, 1.165) is 0 Å². The summed E-state index contributed by atoms with van der Waals surface area (Å²) in [6, 6.07) is 4.29. The molecule has 0 heterocycles.